The van der Waals surface area contributed by atoms with Gasteiger partial charge in [0, 0.05) is 13.0 Å². The largest absolute Gasteiger partial charge is 0.493 e. The van der Waals surface area contributed by atoms with Crippen LogP contribution < -0.4 is 14.2 Å². The van der Waals surface area contributed by atoms with Gasteiger partial charge >= 0.3 is 11.9 Å². The molecule has 10 heteroatoms. The highest BCUT2D eigenvalue weighted by Crippen LogP contribution is 2.40. The number of rotatable bonds is 12. The average molecular weight is 454 g/mol. The quantitative estimate of drug-likeness (QED) is 0.264. The van der Waals surface area contributed by atoms with Crippen molar-refractivity contribution < 1.29 is 47.5 Å². The Bertz CT molecular complexity index is 742. The SMILES string of the molecule is CCOC(=O)C(Cc1cc(OC)c(OC=O)c(OC)c1)(OC1CCCCO1)C(=O)OCC. The lowest BCUT2D eigenvalue weighted by molar-refractivity contribution is -0.240. The summed E-state index contributed by atoms with van der Waals surface area (Å²) >= 11 is 0. The van der Waals surface area contributed by atoms with E-state index in [2.05, 4.69) is 0 Å². The van der Waals surface area contributed by atoms with Crippen LogP contribution in [-0.2, 0) is 39.8 Å². The number of methoxy groups -OCH3 is 2. The van der Waals surface area contributed by atoms with Gasteiger partial charge in [-0.1, -0.05) is 0 Å². The van der Waals surface area contributed by atoms with Crippen molar-refractivity contribution in [1.82, 2.24) is 0 Å². The summed E-state index contributed by atoms with van der Waals surface area (Å²) in [6.45, 7) is 4.02. The summed E-state index contributed by atoms with van der Waals surface area (Å²) < 4.78 is 37.6. The molecule has 0 spiro atoms. The Kier molecular flexibility index (Phi) is 9.73. The third kappa shape index (κ3) is 5.89. The van der Waals surface area contributed by atoms with Gasteiger partial charge in [0.15, 0.2) is 17.8 Å². The molecule has 1 aliphatic heterocycles. The highest BCUT2D eigenvalue weighted by atomic mass is 16.7. The molecule has 178 valence electrons. The highest BCUT2D eigenvalue weighted by molar-refractivity contribution is 6.04. The van der Waals surface area contributed by atoms with Gasteiger partial charge in [0.1, 0.15) is 0 Å². The van der Waals surface area contributed by atoms with E-state index in [9.17, 15) is 14.4 Å². The Morgan fingerprint density at radius 1 is 1.06 bits per heavy atom. The van der Waals surface area contributed by atoms with Gasteiger partial charge in [0.05, 0.1) is 27.4 Å². The molecule has 0 aliphatic carbocycles. The van der Waals surface area contributed by atoms with Gasteiger partial charge in [0.25, 0.3) is 12.1 Å². The Hall–Kier alpha value is -2.85. The number of carbonyl (C=O) groups excluding carboxylic acids is 3. The highest BCUT2D eigenvalue weighted by Gasteiger charge is 2.52. The van der Waals surface area contributed by atoms with Crippen LogP contribution in [0.2, 0.25) is 0 Å². The minimum absolute atomic E-state index is 0.0353. The van der Waals surface area contributed by atoms with Crippen LogP contribution in [0, 0.1) is 0 Å². The molecule has 32 heavy (non-hydrogen) atoms. The first kappa shape index (κ1) is 25.4. The number of ether oxygens (including phenoxy) is 7. The zero-order valence-electron chi connectivity index (χ0n) is 18.8. The van der Waals surface area contributed by atoms with Crippen LogP contribution >= 0.6 is 0 Å². The van der Waals surface area contributed by atoms with Gasteiger partial charge in [-0.15, -0.1) is 0 Å². The van der Waals surface area contributed by atoms with Crippen molar-refractivity contribution in [2.75, 3.05) is 34.0 Å². The van der Waals surface area contributed by atoms with E-state index in [1.165, 1.54) is 26.4 Å². The molecule has 0 bridgehead atoms. The lowest BCUT2D eigenvalue weighted by Crippen LogP contribution is -2.55. The second-order valence-electron chi connectivity index (χ2n) is 6.90. The van der Waals surface area contributed by atoms with Crippen molar-refractivity contribution in [3.63, 3.8) is 0 Å². The predicted molar refractivity (Wildman–Crippen MR) is 111 cm³/mol. The molecule has 0 radical (unpaired) electrons. The summed E-state index contributed by atoms with van der Waals surface area (Å²) in [4.78, 5) is 37.1. The fourth-order valence-electron chi connectivity index (χ4n) is 3.38. The molecule has 1 aromatic rings. The number of esters is 2. The summed E-state index contributed by atoms with van der Waals surface area (Å²) in [6.07, 6.45) is 1.17. The van der Waals surface area contributed by atoms with Gasteiger partial charge < -0.3 is 33.2 Å². The molecule has 1 aromatic carbocycles. The lowest BCUT2D eigenvalue weighted by Gasteiger charge is -2.34. The number of hydrogen-bond acceptors (Lipinski definition) is 10. The number of carbonyl (C=O) groups is 3. The first-order chi connectivity index (χ1) is 15.4. The van der Waals surface area contributed by atoms with E-state index in [0.717, 1.165) is 12.8 Å². The van der Waals surface area contributed by atoms with Gasteiger partial charge in [-0.05, 0) is 50.8 Å². The maximum atomic E-state index is 13.1. The standard InChI is InChI=1S/C22H30O10/c1-5-28-20(24)22(21(25)29-6-2,32-18-9-7-8-10-30-18)13-15-11-16(26-3)19(31-14-23)17(12-15)27-4/h11-12,14,18H,5-10,13H2,1-4H3. The van der Waals surface area contributed by atoms with Crippen LogP contribution in [-0.4, -0.2) is 64.3 Å². The molecule has 0 saturated carbocycles. The Labute approximate surface area is 187 Å². The molecule has 1 unspecified atom stereocenters. The fraction of sp³-hybridized carbons (Fsp3) is 0.591. The van der Waals surface area contributed by atoms with Crippen LogP contribution in [0.1, 0.15) is 38.7 Å². The average Bonchev–Trinajstić information content (AvgIpc) is 2.80. The summed E-state index contributed by atoms with van der Waals surface area (Å²) in [7, 11) is 2.76. The molecule has 0 amide bonds. The monoisotopic (exact) mass is 454 g/mol. The minimum atomic E-state index is -2.11. The predicted octanol–water partition coefficient (Wildman–Crippen LogP) is 2.19. The van der Waals surface area contributed by atoms with Crippen molar-refractivity contribution in [2.45, 2.75) is 51.4 Å². The van der Waals surface area contributed by atoms with E-state index < -0.39 is 23.8 Å². The van der Waals surface area contributed by atoms with Gasteiger partial charge in [-0.25, -0.2) is 9.59 Å². The molecule has 0 N–H and O–H groups in total. The smallest absolute Gasteiger partial charge is 0.350 e. The topological polar surface area (TPSA) is 116 Å². The van der Waals surface area contributed by atoms with Gasteiger partial charge in [-0.3, -0.25) is 4.79 Å². The third-order valence-electron chi connectivity index (χ3n) is 4.82. The molecule has 1 aliphatic rings. The van der Waals surface area contributed by atoms with Crippen LogP contribution in [0.4, 0.5) is 0 Å². The van der Waals surface area contributed by atoms with Gasteiger partial charge in [-0.2, -0.15) is 0 Å². The Morgan fingerprint density at radius 2 is 1.66 bits per heavy atom. The molecule has 1 atom stereocenters. The molecule has 1 fully saturated rings. The first-order valence-electron chi connectivity index (χ1n) is 10.4. The van der Waals surface area contributed by atoms with Gasteiger partial charge in [0.2, 0.25) is 5.75 Å². The van der Waals surface area contributed by atoms with Crippen molar-refractivity contribution in [3.05, 3.63) is 17.7 Å². The summed E-state index contributed by atoms with van der Waals surface area (Å²) in [6, 6.07) is 3.03. The second-order valence-corrected chi connectivity index (χ2v) is 6.90. The van der Waals surface area contributed by atoms with Crippen LogP contribution in [0.5, 0.6) is 17.2 Å². The summed E-state index contributed by atoms with van der Waals surface area (Å²) in [5.74, 6) is -1.38. The molecule has 1 saturated heterocycles. The molecule has 1 heterocycles. The lowest BCUT2D eigenvalue weighted by atomic mass is 9.93. The van der Waals surface area contributed by atoms with Crippen molar-refractivity contribution in [1.29, 1.82) is 0 Å². The third-order valence-corrected chi connectivity index (χ3v) is 4.82. The number of hydrogen-bond donors (Lipinski definition) is 0. The zero-order valence-corrected chi connectivity index (χ0v) is 18.8. The van der Waals surface area contributed by atoms with E-state index in [4.69, 9.17) is 33.2 Å². The normalized spacial score (nSPS) is 16.1. The van der Waals surface area contributed by atoms with Crippen LogP contribution in [0.3, 0.4) is 0 Å². The van der Waals surface area contributed by atoms with E-state index in [0.29, 0.717) is 18.6 Å². The maximum absolute atomic E-state index is 13.1. The molecule has 2 rings (SSSR count). The van der Waals surface area contributed by atoms with E-state index in [1.807, 2.05) is 0 Å². The maximum Gasteiger partial charge on any atom is 0.350 e. The molecular weight excluding hydrogens is 424 g/mol. The Morgan fingerprint density at radius 3 is 2.09 bits per heavy atom. The van der Waals surface area contributed by atoms with Crippen LogP contribution in [0.25, 0.3) is 0 Å². The summed E-state index contributed by atoms with van der Waals surface area (Å²) in [5.41, 5.74) is -1.69. The fourth-order valence-corrected chi connectivity index (χ4v) is 3.38. The molecular formula is C22H30O10. The first-order valence-corrected chi connectivity index (χ1v) is 10.4. The molecule has 10 nitrogen and oxygen atoms in total. The Balaban J connectivity index is 2.55. The minimum Gasteiger partial charge on any atom is -0.493 e. The van der Waals surface area contributed by atoms with Crippen molar-refractivity contribution in [3.8, 4) is 17.2 Å². The number of benzene rings is 1. The molecule has 0 aromatic heterocycles. The van der Waals surface area contributed by atoms with E-state index >= 15 is 0 Å². The van der Waals surface area contributed by atoms with E-state index in [-0.39, 0.29) is 43.4 Å². The summed E-state index contributed by atoms with van der Waals surface area (Å²) in [5, 5.41) is 0. The van der Waals surface area contributed by atoms with Crippen LogP contribution in [0.15, 0.2) is 12.1 Å². The van der Waals surface area contributed by atoms with Crippen molar-refractivity contribution in [2.24, 2.45) is 0 Å². The second kappa shape index (κ2) is 12.3. The zero-order chi connectivity index (χ0) is 23.6. The van der Waals surface area contributed by atoms with E-state index in [1.54, 1.807) is 13.8 Å². The van der Waals surface area contributed by atoms with Crippen molar-refractivity contribution >= 4 is 18.4 Å².